The molecule has 15 heavy (non-hydrogen) atoms. The molecule has 1 aliphatic rings. The maximum absolute atomic E-state index is 12.0. The summed E-state index contributed by atoms with van der Waals surface area (Å²) >= 11 is 0. The molecule has 0 saturated carbocycles. The number of nitrogens with zero attached hydrogens (tertiary/aromatic N) is 1. The van der Waals surface area contributed by atoms with Gasteiger partial charge in [0.05, 0.1) is 0 Å². The molecule has 0 N–H and O–H groups in total. The van der Waals surface area contributed by atoms with E-state index < -0.39 is 6.61 Å². The van der Waals surface area contributed by atoms with Gasteiger partial charge in [0.25, 0.3) is 0 Å². The molecule has 1 fully saturated rings. The van der Waals surface area contributed by atoms with E-state index in [0.717, 1.165) is 18.8 Å². The highest BCUT2D eigenvalue weighted by Crippen LogP contribution is 2.25. The molecule has 0 spiro atoms. The van der Waals surface area contributed by atoms with Crippen LogP contribution in [0.3, 0.4) is 0 Å². The molecule has 1 aliphatic heterocycles. The SMILES string of the molecule is FC(F)Oc1cccc(N2CCCC2)c1. The summed E-state index contributed by atoms with van der Waals surface area (Å²) in [6.07, 6.45) is 2.33. The summed E-state index contributed by atoms with van der Waals surface area (Å²) in [5, 5.41) is 0. The third-order valence-electron chi connectivity index (χ3n) is 2.51. The zero-order valence-corrected chi connectivity index (χ0v) is 8.33. The van der Waals surface area contributed by atoms with Gasteiger partial charge in [0.15, 0.2) is 0 Å². The van der Waals surface area contributed by atoms with E-state index in [0.29, 0.717) is 0 Å². The van der Waals surface area contributed by atoms with Gasteiger partial charge in [0, 0.05) is 24.8 Å². The molecular formula is C11H13F2NO. The first-order valence-corrected chi connectivity index (χ1v) is 5.05. The minimum atomic E-state index is -2.75. The molecule has 0 atom stereocenters. The molecule has 0 aromatic heterocycles. The number of ether oxygens (including phenoxy) is 1. The normalized spacial score (nSPS) is 16.1. The third-order valence-corrected chi connectivity index (χ3v) is 2.51. The number of alkyl halides is 2. The summed E-state index contributed by atoms with van der Waals surface area (Å²) in [5.41, 5.74) is 0.964. The predicted molar refractivity (Wildman–Crippen MR) is 54.5 cm³/mol. The fraction of sp³-hybridized carbons (Fsp3) is 0.455. The summed E-state index contributed by atoms with van der Waals surface area (Å²) in [5.74, 6) is 0.231. The highest BCUT2D eigenvalue weighted by Gasteiger charge is 2.13. The molecule has 82 valence electrons. The van der Waals surface area contributed by atoms with Crippen molar-refractivity contribution in [1.29, 1.82) is 0 Å². The molecule has 0 bridgehead atoms. The molecular weight excluding hydrogens is 200 g/mol. The van der Waals surface area contributed by atoms with Crippen molar-refractivity contribution in [3.05, 3.63) is 24.3 Å². The minimum absolute atomic E-state index is 0.231. The highest BCUT2D eigenvalue weighted by molar-refractivity contribution is 5.51. The average molecular weight is 213 g/mol. The number of rotatable bonds is 3. The van der Waals surface area contributed by atoms with Crippen LogP contribution in [0.2, 0.25) is 0 Å². The lowest BCUT2D eigenvalue weighted by Crippen LogP contribution is -2.17. The van der Waals surface area contributed by atoms with E-state index in [4.69, 9.17) is 0 Å². The average Bonchev–Trinajstić information content (AvgIpc) is 2.69. The Morgan fingerprint density at radius 2 is 1.93 bits per heavy atom. The first-order valence-electron chi connectivity index (χ1n) is 5.05. The van der Waals surface area contributed by atoms with Gasteiger partial charge in [-0.05, 0) is 25.0 Å². The molecule has 2 nitrogen and oxygen atoms in total. The summed E-state index contributed by atoms with van der Waals surface area (Å²) in [4.78, 5) is 2.18. The summed E-state index contributed by atoms with van der Waals surface area (Å²) in [6.45, 7) is -0.755. The highest BCUT2D eigenvalue weighted by atomic mass is 19.3. The van der Waals surface area contributed by atoms with Crippen LogP contribution in [0.5, 0.6) is 5.75 Å². The predicted octanol–water partition coefficient (Wildman–Crippen LogP) is 2.89. The van der Waals surface area contributed by atoms with Crippen LogP contribution in [0.25, 0.3) is 0 Å². The van der Waals surface area contributed by atoms with Crippen molar-refractivity contribution in [2.75, 3.05) is 18.0 Å². The summed E-state index contributed by atoms with van der Waals surface area (Å²) in [7, 11) is 0. The second-order valence-corrected chi connectivity index (χ2v) is 3.57. The van der Waals surface area contributed by atoms with Gasteiger partial charge in [-0.2, -0.15) is 8.78 Å². The maximum Gasteiger partial charge on any atom is 0.387 e. The molecule has 2 rings (SSSR count). The standard InChI is InChI=1S/C11H13F2NO/c12-11(13)15-10-5-3-4-9(8-10)14-6-1-2-7-14/h3-5,8,11H,1-2,6-7H2. The first kappa shape index (κ1) is 10.2. The zero-order chi connectivity index (χ0) is 10.7. The Hall–Kier alpha value is -1.32. The van der Waals surface area contributed by atoms with Gasteiger partial charge < -0.3 is 9.64 Å². The minimum Gasteiger partial charge on any atom is -0.435 e. The van der Waals surface area contributed by atoms with Crippen LogP contribution in [0.15, 0.2) is 24.3 Å². The van der Waals surface area contributed by atoms with Crippen molar-refractivity contribution in [3.63, 3.8) is 0 Å². The van der Waals surface area contributed by atoms with Gasteiger partial charge in [0.2, 0.25) is 0 Å². The summed E-state index contributed by atoms with van der Waals surface area (Å²) in [6, 6.07) is 6.87. The zero-order valence-electron chi connectivity index (χ0n) is 8.33. The van der Waals surface area contributed by atoms with Gasteiger partial charge in [0.1, 0.15) is 5.75 Å². The monoisotopic (exact) mass is 213 g/mol. The van der Waals surface area contributed by atoms with Crippen LogP contribution in [0.1, 0.15) is 12.8 Å². The van der Waals surface area contributed by atoms with Gasteiger partial charge in [-0.25, -0.2) is 0 Å². The van der Waals surface area contributed by atoms with Crippen molar-refractivity contribution >= 4 is 5.69 Å². The number of anilines is 1. The molecule has 0 unspecified atom stereocenters. The molecule has 4 heteroatoms. The van der Waals surface area contributed by atoms with E-state index in [-0.39, 0.29) is 5.75 Å². The smallest absolute Gasteiger partial charge is 0.387 e. The van der Waals surface area contributed by atoms with Crippen LogP contribution in [0, 0.1) is 0 Å². The Balaban J connectivity index is 2.11. The van der Waals surface area contributed by atoms with Crippen LogP contribution in [-0.4, -0.2) is 19.7 Å². The van der Waals surface area contributed by atoms with E-state index in [1.165, 1.54) is 12.8 Å². The molecule has 1 aromatic rings. The molecule has 1 saturated heterocycles. The summed E-state index contributed by atoms with van der Waals surface area (Å²) < 4.78 is 28.3. The van der Waals surface area contributed by atoms with Gasteiger partial charge in [-0.15, -0.1) is 0 Å². The number of hydrogen-bond acceptors (Lipinski definition) is 2. The van der Waals surface area contributed by atoms with Crippen LogP contribution in [0.4, 0.5) is 14.5 Å². The largest absolute Gasteiger partial charge is 0.435 e. The Bertz CT molecular complexity index is 324. The van der Waals surface area contributed by atoms with E-state index in [9.17, 15) is 8.78 Å². The Morgan fingerprint density at radius 1 is 1.20 bits per heavy atom. The van der Waals surface area contributed by atoms with Gasteiger partial charge in [-0.1, -0.05) is 6.07 Å². The fourth-order valence-corrected chi connectivity index (χ4v) is 1.83. The number of halogens is 2. The number of hydrogen-bond donors (Lipinski definition) is 0. The Kier molecular flexibility index (Phi) is 3.04. The topological polar surface area (TPSA) is 12.5 Å². The van der Waals surface area contributed by atoms with Crippen molar-refractivity contribution in [1.82, 2.24) is 0 Å². The third kappa shape index (κ3) is 2.58. The Labute approximate surface area is 87.5 Å². The van der Waals surface area contributed by atoms with Crippen molar-refractivity contribution in [2.45, 2.75) is 19.5 Å². The van der Waals surface area contributed by atoms with E-state index in [2.05, 4.69) is 9.64 Å². The van der Waals surface area contributed by atoms with Gasteiger partial charge >= 0.3 is 6.61 Å². The number of benzene rings is 1. The van der Waals surface area contributed by atoms with Crippen LogP contribution >= 0.6 is 0 Å². The lowest BCUT2D eigenvalue weighted by Gasteiger charge is -2.18. The van der Waals surface area contributed by atoms with E-state index in [1.807, 2.05) is 6.07 Å². The fourth-order valence-electron chi connectivity index (χ4n) is 1.83. The van der Waals surface area contributed by atoms with Crippen molar-refractivity contribution in [3.8, 4) is 5.75 Å². The Morgan fingerprint density at radius 3 is 2.60 bits per heavy atom. The molecule has 1 aromatic carbocycles. The van der Waals surface area contributed by atoms with Crippen LogP contribution < -0.4 is 9.64 Å². The van der Waals surface area contributed by atoms with Gasteiger partial charge in [-0.3, -0.25) is 0 Å². The molecule has 1 heterocycles. The van der Waals surface area contributed by atoms with Crippen molar-refractivity contribution in [2.24, 2.45) is 0 Å². The second-order valence-electron chi connectivity index (χ2n) is 3.57. The lowest BCUT2D eigenvalue weighted by molar-refractivity contribution is -0.0498. The van der Waals surface area contributed by atoms with E-state index >= 15 is 0 Å². The first-order chi connectivity index (χ1) is 7.25. The van der Waals surface area contributed by atoms with E-state index in [1.54, 1.807) is 18.2 Å². The molecule has 0 radical (unpaired) electrons. The second kappa shape index (κ2) is 4.47. The quantitative estimate of drug-likeness (QED) is 0.765. The van der Waals surface area contributed by atoms with Crippen LogP contribution in [-0.2, 0) is 0 Å². The molecule has 0 amide bonds. The molecule has 0 aliphatic carbocycles. The lowest BCUT2D eigenvalue weighted by atomic mass is 10.3. The maximum atomic E-state index is 12.0. The van der Waals surface area contributed by atoms with Crippen molar-refractivity contribution < 1.29 is 13.5 Å².